The second-order valence-electron chi connectivity index (χ2n) is 3.18. The number of hydrogen-bond donors (Lipinski definition) is 2. The van der Waals surface area contributed by atoms with E-state index in [0.29, 0.717) is 18.9 Å². The van der Waals surface area contributed by atoms with E-state index in [-0.39, 0.29) is 5.91 Å². The molecule has 0 fully saturated rings. The lowest BCUT2D eigenvalue weighted by atomic mass is 10.4. The Labute approximate surface area is 99.4 Å². The van der Waals surface area contributed by atoms with E-state index < -0.39 is 0 Å². The second kappa shape index (κ2) is 8.18. The van der Waals surface area contributed by atoms with Crippen molar-refractivity contribution in [1.29, 1.82) is 0 Å². The zero-order chi connectivity index (χ0) is 11.6. The molecule has 1 heterocycles. The van der Waals surface area contributed by atoms with Crippen molar-refractivity contribution in [3.8, 4) is 0 Å². The van der Waals surface area contributed by atoms with Gasteiger partial charge in [-0.3, -0.25) is 4.79 Å². The third kappa shape index (κ3) is 5.77. The largest absolute Gasteiger partial charge is 0.384 e. The molecule has 5 nitrogen and oxygen atoms in total. The van der Waals surface area contributed by atoms with E-state index in [0.717, 1.165) is 18.0 Å². The smallest absolute Gasteiger partial charge is 0.230 e. The number of methoxy groups -OCH3 is 1. The maximum atomic E-state index is 11.3. The molecule has 0 saturated heterocycles. The van der Waals surface area contributed by atoms with Gasteiger partial charge in [0.25, 0.3) is 0 Å². The molecule has 0 bridgehead atoms. The topological polar surface area (TPSA) is 67.0 Å². The first-order valence-electron chi connectivity index (χ1n) is 5.14. The van der Waals surface area contributed by atoms with Gasteiger partial charge in [0.2, 0.25) is 5.91 Å². The van der Waals surface area contributed by atoms with Crippen molar-refractivity contribution in [2.45, 2.75) is 6.42 Å². The number of aromatic amines is 1. The van der Waals surface area contributed by atoms with Crippen molar-refractivity contribution in [3.05, 3.63) is 18.2 Å². The first-order valence-corrected chi connectivity index (χ1v) is 6.30. The number of nitrogens with zero attached hydrogens (tertiary/aromatic N) is 1. The number of rotatable bonds is 8. The van der Waals surface area contributed by atoms with Crippen molar-refractivity contribution in [1.82, 2.24) is 15.3 Å². The van der Waals surface area contributed by atoms with E-state index in [2.05, 4.69) is 15.3 Å². The Balaban J connectivity index is 1.98. The van der Waals surface area contributed by atoms with Crippen LogP contribution in [0.2, 0.25) is 0 Å². The summed E-state index contributed by atoms with van der Waals surface area (Å²) in [6.45, 7) is 1.31. The molecule has 0 atom stereocenters. The molecule has 0 radical (unpaired) electrons. The Kier molecular flexibility index (Phi) is 6.67. The van der Waals surface area contributed by atoms with Crippen molar-refractivity contribution in [2.75, 3.05) is 31.8 Å². The van der Waals surface area contributed by atoms with Gasteiger partial charge in [0, 0.05) is 38.2 Å². The van der Waals surface area contributed by atoms with E-state index in [4.69, 9.17) is 4.74 Å². The minimum atomic E-state index is 0.0626. The summed E-state index contributed by atoms with van der Waals surface area (Å²) in [6, 6.07) is 0. The van der Waals surface area contributed by atoms with Crippen LogP contribution in [-0.2, 0) is 16.0 Å². The van der Waals surface area contributed by atoms with Crippen molar-refractivity contribution < 1.29 is 9.53 Å². The predicted octanol–water partition coefficient (Wildman–Crippen LogP) is 0.448. The van der Waals surface area contributed by atoms with E-state index in [1.54, 1.807) is 31.3 Å². The Bertz CT molecular complexity index is 290. The van der Waals surface area contributed by atoms with Gasteiger partial charge in [0.05, 0.1) is 12.4 Å². The van der Waals surface area contributed by atoms with Crippen LogP contribution in [0.1, 0.15) is 5.82 Å². The highest BCUT2D eigenvalue weighted by Crippen LogP contribution is 1.98. The number of H-pyrrole nitrogens is 1. The van der Waals surface area contributed by atoms with E-state index in [9.17, 15) is 4.79 Å². The van der Waals surface area contributed by atoms with Crippen molar-refractivity contribution >= 4 is 17.7 Å². The Morgan fingerprint density at radius 1 is 1.69 bits per heavy atom. The van der Waals surface area contributed by atoms with Crippen LogP contribution in [-0.4, -0.2) is 47.6 Å². The average Bonchev–Trinajstić information content (AvgIpc) is 2.77. The van der Waals surface area contributed by atoms with Gasteiger partial charge in [-0.05, 0) is 0 Å². The van der Waals surface area contributed by atoms with Crippen LogP contribution in [0.15, 0.2) is 12.4 Å². The molecule has 1 aromatic rings. The van der Waals surface area contributed by atoms with Gasteiger partial charge < -0.3 is 15.0 Å². The molecule has 6 heteroatoms. The number of thioether (sulfide) groups is 1. The Hall–Kier alpha value is -1.01. The molecule has 0 aliphatic rings. The highest BCUT2D eigenvalue weighted by Gasteiger charge is 2.01. The lowest BCUT2D eigenvalue weighted by Crippen LogP contribution is -2.27. The summed E-state index contributed by atoms with van der Waals surface area (Å²) in [6.07, 6.45) is 4.22. The lowest BCUT2D eigenvalue weighted by molar-refractivity contribution is -0.118. The van der Waals surface area contributed by atoms with Crippen molar-refractivity contribution in [3.63, 3.8) is 0 Å². The summed E-state index contributed by atoms with van der Waals surface area (Å²) in [5.41, 5.74) is 0. The van der Waals surface area contributed by atoms with Crippen LogP contribution in [0.3, 0.4) is 0 Å². The maximum absolute atomic E-state index is 11.3. The maximum Gasteiger partial charge on any atom is 0.230 e. The SMILES string of the molecule is COCCSCC(=O)NCCc1ncc[nH]1. The number of nitrogens with one attached hydrogen (secondary N) is 2. The minimum absolute atomic E-state index is 0.0626. The standard InChI is InChI=1S/C10H17N3O2S/c1-15-6-7-16-8-10(14)13-3-2-9-11-4-5-12-9/h4-5H,2-3,6-8H2,1H3,(H,11,12)(H,13,14). The third-order valence-electron chi connectivity index (χ3n) is 1.90. The summed E-state index contributed by atoms with van der Waals surface area (Å²) >= 11 is 1.57. The summed E-state index contributed by atoms with van der Waals surface area (Å²) in [4.78, 5) is 18.4. The van der Waals surface area contributed by atoms with Gasteiger partial charge in [-0.2, -0.15) is 0 Å². The van der Waals surface area contributed by atoms with Crippen LogP contribution in [0, 0.1) is 0 Å². The third-order valence-corrected chi connectivity index (χ3v) is 2.83. The molecule has 0 aliphatic heterocycles. The molecule has 0 saturated carbocycles. The molecule has 1 rings (SSSR count). The van der Waals surface area contributed by atoms with Gasteiger partial charge in [-0.25, -0.2) is 4.98 Å². The molecule has 1 aromatic heterocycles. The predicted molar refractivity (Wildman–Crippen MR) is 64.5 cm³/mol. The molecule has 0 spiro atoms. The molecular weight excluding hydrogens is 226 g/mol. The molecule has 0 aromatic carbocycles. The summed E-state index contributed by atoms with van der Waals surface area (Å²) in [5.74, 6) is 2.30. The van der Waals surface area contributed by atoms with Gasteiger partial charge in [-0.1, -0.05) is 0 Å². The molecule has 0 aliphatic carbocycles. The average molecular weight is 243 g/mol. The Morgan fingerprint density at radius 2 is 2.56 bits per heavy atom. The van der Waals surface area contributed by atoms with Crippen molar-refractivity contribution in [2.24, 2.45) is 0 Å². The number of carbonyl (C=O) groups excluding carboxylic acids is 1. The monoisotopic (exact) mass is 243 g/mol. The number of aromatic nitrogens is 2. The fourth-order valence-corrected chi connectivity index (χ4v) is 1.83. The van der Waals surface area contributed by atoms with Crippen LogP contribution in [0.5, 0.6) is 0 Å². The molecule has 16 heavy (non-hydrogen) atoms. The Morgan fingerprint density at radius 3 is 3.25 bits per heavy atom. The number of amides is 1. The van der Waals surface area contributed by atoms with E-state index in [1.165, 1.54) is 0 Å². The lowest BCUT2D eigenvalue weighted by Gasteiger charge is -2.03. The quantitative estimate of drug-likeness (QED) is 0.650. The number of hydrogen-bond acceptors (Lipinski definition) is 4. The van der Waals surface area contributed by atoms with E-state index in [1.807, 2.05) is 0 Å². The summed E-state index contributed by atoms with van der Waals surface area (Å²) in [5, 5.41) is 2.84. The molecule has 2 N–H and O–H groups in total. The fourth-order valence-electron chi connectivity index (χ4n) is 1.11. The summed E-state index contributed by atoms with van der Waals surface area (Å²) < 4.78 is 4.89. The van der Waals surface area contributed by atoms with Crippen LogP contribution in [0.25, 0.3) is 0 Å². The highest BCUT2D eigenvalue weighted by molar-refractivity contribution is 7.99. The molecule has 0 unspecified atom stereocenters. The zero-order valence-corrected chi connectivity index (χ0v) is 10.2. The minimum Gasteiger partial charge on any atom is -0.384 e. The number of ether oxygens (including phenoxy) is 1. The van der Waals surface area contributed by atoms with Crippen LogP contribution < -0.4 is 5.32 Å². The van der Waals surface area contributed by atoms with Gasteiger partial charge in [0.1, 0.15) is 5.82 Å². The first kappa shape index (κ1) is 13.1. The highest BCUT2D eigenvalue weighted by atomic mass is 32.2. The van der Waals surface area contributed by atoms with Gasteiger partial charge in [-0.15, -0.1) is 11.8 Å². The van der Waals surface area contributed by atoms with E-state index >= 15 is 0 Å². The number of carbonyl (C=O) groups is 1. The number of imidazole rings is 1. The fraction of sp³-hybridized carbons (Fsp3) is 0.600. The first-order chi connectivity index (χ1) is 7.83. The van der Waals surface area contributed by atoms with Gasteiger partial charge in [0.15, 0.2) is 0 Å². The van der Waals surface area contributed by atoms with Gasteiger partial charge >= 0.3 is 0 Å². The van der Waals surface area contributed by atoms with Crippen LogP contribution >= 0.6 is 11.8 Å². The molecule has 1 amide bonds. The zero-order valence-electron chi connectivity index (χ0n) is 9.36. The second-order valence-corrected chi connectivity index (χ2v) is 4.29. The van der Waals surface area contributed by atoms with Crippen LogP contribution in [0.4, 0.5) is 0 Å². The molecule has 90 valence electrons. The normalized spacial score (nSPS) is 10.3. The summed E-state index contributed by atoms with van der Waals surface area (Å²) in [7, 11) is 1.66. The molecular formula is C10H17N3O2S.